The van der Waals surface area contributed by atoms with Gasteiger partial charge in [0.05, 0.1) is 29.8 Å². The molecule has 0 unspecified atom stereocenters. The van der Waals surface area contributed by atoms with Crippen LogP contribution in [0.2, 0.25) is 0 Å². The van der Waals surface area contributed by atoms with Crippen molar-refractivity contribution < 1.29 is 19.1 Å². The van der Waals surface area contributed by atoms with Crippen molar-refractivity contribution in [2.24, 2.45) is 0 Å². The molecular formula is C26H24N2O4S. The zero-order chi connectivity index (χ0) is 23.7. The lowest BCUT2D eigenvalue weighted by atomic mass is 10.1. The van der Waals surface area contributed by atoms with E-state index >= 15 is 0 Å². The molecule has 0 aliphatic carbocycles. The second kappa shape index (κ2) is 9.11. The topological polar surface area (TPSA) is 68.6 Å². The molecule has 1 aliphatic heterocycles. The van der Waals surface area contributed by atoms with Crippen LogP contribution in [0.5, 0.6) is 0 Å². The second-order valence-electron chi connectivity index (χ2n) is 7.92. The minimum absolute atomic E-state index is 0.244. The first-order chi connectivity index (χ1) is 15.8. The van der Waals surface area contributed by atoms with E-state index in [1.54, 1.807) is 18.2 Å². The average Bonchev–Trinajstić information content (AvgIpc) is 3.23. The van der Waals surface area contributed by atoms with Crippen LogP contribution in [0.3, 0.4) is 0 Å². The Morgan fingerprint density at radius 1 is 1.03 bits per heavy atom. The Bertz CT molecular complexity index is 1290. The van der Waals surface area contributed by atoms with Crippen molar-refractivity contribution in [3.8, 4) is 5.69 Å². The number of methoxy groups -OCH3 is 1. The maximum absolute atomic E-state index is 13.0. The molecule has 33 heavy (non-hydrogen) atoms. The molecule has 6 nitrogen and oxygen atoms in total. The van der Waals surface area contributed by atoms with Gasteiger partial charge in [0.2, 0.25) is 0 Å². The normalized spacial score (nSPS) is 14.9. The van der Waals surface area contributed by atoms with Crippen LogP contribution in [0.25, 0.3) is 11.8 Å². The number of carbonyl (C=O) groups excluding carboxylic acids is 3. The number of hydrogen-bond donors (Lipinski definition) is 0. The third kappa shape index (κ3) is 4.36. The van der Waals surface area contributed by atoms with E-state index in [9.17, 15) is 14.4 Å². The Labute approximate surface area is 196 Å². The van der Waals surface area contributed by atoms with Gasteiger partial charge in [0.1, 0.15) is 0 Å². The van der Waals surface area contributed by atoms with Crippen LogP contribution in [-0.4, -0.2) is 33.7 Å². The van der Waals surface area contributed by atoms with E-state index in [0.29, 0.717) is 16.2 Å². The number of benzene rings is 2. The van der Waals surface area contributed by atoms with Gasteiger partial charge in [-0.1, -0.05) is 42.0 Å². The summed E-state index contributed by atoms with van der Waals surface area (Å²) in [7, 11) is 1.35. The minimum Gasteiger partial charge on any atom is -0.465 e. The smallest absolute Gasteiger partial charge is 0.339 e. The van der Waals surface area contributed by atoms with Gasteiger partial charge in [-0.15, -0.1) is 0 Å². The van der Waals surface area contributed by atoms with E-state index in [2.05, 4.69) is 0 Å². The van der Waals surface area contributed by atoms with Gasteiger partial charge in [-0.05, 0) is 67.9 Å². The molecule has 168 valence electrons. The van der Waals surface area contributed by atoms with Crippen molar-refractivity contribution >= 4 is 35.0 Å². The predicted octanol–water partition coefficient (Wildman–Crippen LogP) is 5.43. The molecule has 2 amide bonds. The first-order valence-electron chi connectivity index (χ1n) is 10.5. The monoisotopic (exact) mass is 460 g/mol. The average molecular weight is 461 g/mol. The molecule has 7 heteroatoms. The molecule has 0 saturated carbocycles. The number of aromatic nitrogens is 1. The number of esters is 1. The van der Waals surface area contributed by atoms with Gasteiger partial charge in [0.25, 0.3) is 11.1 Å². The fourth-order valence-electron chi connectivity index (χ4n) is 3.91. The molecule has 0 bridgehead atoms. The number of imide groups is 1. The molecule has 0 spiro atoms. The Morgan fingerprint density at radius 3 is 2.42 bits per heavy atom. The highest BCUT2D eigenvalue weighted by atomic mass is 32.2. The van der Waals surface area contributed by atoms with Crippen molar-refractivity contribution in [2.75, 3.05) is 7.11 Å². The SMILES string of the molecule is COC(=O)c1ccccc1-n1c(C)cc(/C=C2\SC(=O)N(Cc3ccc(C)cc3)C2=O)c1C. The number of amides is 2. The third-order valence-electron chi connectivity index (χ3n) is 5.64. The molecule has 2 aromatic carbocycles. The molecular weight excluding hydrogens is 436 g/mol. The van der Waals surface area contributed by atoms with Gasteiger partial charge < -0.3 is 9.30 Å². The van der Waals surface area contributed by atoms with E-state index in [0.717, 1.165) is 39.8 Å². The van der Waals surface area contributed by atoms with E-state index < -0.39 is 5.97 Å². The van der Waals surface area contributed by atoms with Crippen LogP contribution in [0, 0.1) is 20.8 Å². The summed E-state index contributed by atoms with van der Waals surface area (Å²) >= 11 is 0.945. The lowest BCUT2D eigenvalue weighted by Crippen LogP contribution is -2.27. The van der Waals surface area contributed by atoms with Gasteiger partial charge >= 0.3 is 5.97 Å². The molecule has 0 atom stereocenters. The lowest BCUT2D eigenvalue weighted by molar-refractivity contribution is -0.123. The summed E-state index contributed by atoms with van der Waals surface area (Å²) in [5.41, 5.74) is 5.74. The molecule has 1 saturated heterocycles. The number of ether oxygens (including phenoxy) is 1. The molecule has 4 rings (SSSR count). The number of rotatable bonds is 5. The first-order valence-corrected chi connectivity index (χ1v) is 11.3. The molecule has 0 N–H and O–H groups in total. The number of nitrogens with zero attached hydrogens (tertiary/aromatic N) is 2. The van der Waals surface area contributed by atoms with Crippen LogP contribution in [-0.2, 0) is 16.1 Å². The Hall–Kier alpha value is -3.58. The van der Waals surface area contributed by atoms with Crippen molar-refractivity contribution in [1.29, 1.82) is 0 Å². The quantitative estimate of drug-likeness (QED) is 0.375. The standard InChI is InChI=1S/C26H24N2O4S/c1-16-9-11-19(12-10-16)15-27-24(29)23(33-26(27)31)14-20-13-17(2)28(18(20)3)22-8-6-5-7-21(22)25(30)32-4/h5-14H,15H2,1-4H3/b23-14-. The summed E-state index contributed by atoms with van der Waals surface area (Å²) in [5, 5.41) is -0.281. The zero-order valence-electron chi connectivity index (χ0n) is 18.9. The van der Waals surface area contributed by atoms with Crippen molar-refractivity contribution in [3.63, 3.8) is 0 Å². The summed E-state index contributed by atoms with van der Waals surface area (Å²) in [4.78, 5) is 39.5. The second-order valence-corrected chi connectivity index (χ2v) is 8.92. The largest absolute Gasteiger partial charge is 0.465 e. The van der Waals surface area contributed by atoms with E-state index in [4.69, 9.17) is 4.74 Å². The fraction of sp³-hybridized carbons (Fsp3) is 0.192. The summed E-state index contributed by atoms with van der Waals surface area (Å²) < 4.78 is 6.88. The van der Waals surface area contributed by atoms with Crippen molar-refractivity contribution in [2.45, 2.75) is 27.3 Å². The number of thioether (sulfide) groups is 1. The van der Waals surface area contributed by atoms with Crippen LogP contribution in [0.4, 0.5) is 4.79 Å². The fourth-order valence-corrected chi connectivity index (χ4v) is 4.74. The molecule has 3 aromatic rings. The summed E-state index contributed by atoms with van der Waals surface area (Å²) in [6.45, 7) is 6.09. The molecule has 1 aliphatic rings. The lowest BCUT2D eigenvalue weighted by Gasteiger charge is -2.13. The van der Waals surface area contributed by atoms with E-state index in [1.165, 1.54) is 12.0 Å². The van der Waals surface area contributed by atoms with Crippen LogP contribution in [0.1, 0.15) is 38.4 Å². The highest BCUT2D eigenvalue weighted by molar-refractivity contribution is 8.18. The van der Waals surface area contributed by atoms with Gasteiger partial charge in [0.15, 0.2) is 0 Å². The minimum atomic E-state index is -0.420. The van der Waals surface area contributed by atoms with Gasteiger partial charge in [0, 0.05) is 11.4 Å². The van der Waals surface area contributed by atoms with Crippen LogP contribution in [0.15, 0.2) is 59.5 Å². The summed E-state index contributed by atoms with van der Waals surface area (Å²) in [5.74, 6) is -0.720. The maximum Gasteiger partial charge on any atom is 0.339 e. The highest BCUT2D eigenvalue weighted by Crippen LogP contribution is 2.35. The first kappa shape index (κ1) is 22.6. The Balaban J connectivity index is 1.66. The summed E-state index contributed by atoms with van der Waals surface area (Å²) in [6.07, 6.45) is 1.75. The predicted molar refractivity (Wildman–Crippen MR) is 129 cm³/mol. The molecule has 2 heterocycles. The van der Waals surface area contributed by atoms with E-state index in [1.807, 2.05) is 67.8 Å². The van der Waals surface area contributed by atoms with Crippen molar-refractivity contribution in [1.82, 2.24) is 9.47 Å². The molecule has 1 fully saturated rings. The third-order valence-corrected chi connectivity index (χ3v) is 6.55. The van der Waals surface area contributed by atoms with Gasteiger partial charge in [-0.25, -0.2) is 4.79 Å². The summed E-state index contributed by atoms with van der Waals surface area (Å²) in [6, 6.07) is 16.9. The van der Waals surface area contributed by atoms with Crippen LogP contribution < -0.4 is 0 Å². The maximum atomic E-state index is 13.0. The Morgan fingerprint density at radius 2 is 1.73 bits per heavy atom. The van der Waals surface area contributed by atoms with Gasteiger partial charge in [-0.2, -0.15) is 0 Å². The highest BCUT2D eigenvalue weighted by Gasteiger charge is 2.35. The zero-order valence-corrected chi connectivity index (χ0v) is 19.7. The Kier molecular flexibility index (Phi) is 6.24. The number of hydrogen-bond acceptors (Lipinski definition) is 5. The van der Waals surface area contributed by atoms with Crippen LogP contribution >= 0.6 is 11.8 Å². The number of para-hydroxylation sites is 1. The molecule has 0 radical (unpaired) electrons. The van der Waals surface area contributed by atoms with Crippen molar-refractivity contribution in [3.05, 3.63) is 93.1 Å². The number of carbonyl (C=O) groups is 3. The van der Waals surface area contributed by atoms with E-state index in [-0.39, 0.29) is 17.7 Å². The number of aryl methyl sites for hydroxylation is 2. The van der Waals surface area contributed by atoms with Gasteiger partial charge in [-0.3, -0.25) is 14.5 Å². The molecule has 1 aromatic heterocycles.